The van der Waals surface area contributed by atoms with Gasteiger partial charge < -0.3 is 35.7 Å². The van der Waals surface area contributed by atoms with Crippen molar-refractivity contribution in [1.82, 2.24) is 0 Å². The molecule has 0 aromatic heterocycles. The number of fused-ring (bicyclic) bond motifs is 14. The smallest absolute Gasteiger partial charge is 0.122 e. The zero-order chi connectivity index (χ0) is 71.8. The van der Waals surface area contributed by atoms with Crippen LogP contribution >= 0.6 is 0 Å². The summed E-state index contributed by atoms with van der Waals surface area (Å²) in [4.78, 5) is 0. The summed E-state index contributed by atoms with van der Waals surface area (Å²) >= 11 is 0. The minimum absolute atomic E-state index is 0.0501. The first-order chi connectivity index (χ1) is 51.3. The number of phenols is 7. The van der Waals surface area contributed by atoms with E-state index in [1.165, 1.54) is 0 Å². The van der Waals surface area contributed by atoms with Gasteiger partial charge in [-0.3, -0.25) is 0 Å². The fraction of sp³-hybridized carbons (Fsp3) is 0.143. The molecule has 14 aromatic rings. The predicted octanol–water partition coefficient (Wildman–Crippen LogP) is 20.2. The quantitative estimate of drug-likeness (QED) is 0.0575. The number of phenolic OH excluding ortho intramolecular Hbond substituents is 7. The normalized spacial score (nSPS) is 12.3. The van der Waals surface area contributed by atoms with Crippen LogP contribution in [0.3, 0.4) is 0 Å². The Kier molecular flexibility index (Phi) is 20.3. The topological polar surface area (TPSA) is 142 Å². The third-order valence-electron chi connectivity index (χ3n) is 20.7. The van der Waals surface area contributed by atoms with Gasteiger partial charge in [0.2, 0.25) is 0 Å². The first-order valence-corrected chi connectivity index (χ1v) is 36.4. The van der Waals surface area contributed by atoms with Crippen LogP contribution in [0.25, 0.3) is 0 Å². The maximum absolute atomic E-state index is 13.1. The van der Waals surface area contributed by atoms with Crippen molar-refractivity contribution >= 4 is 0 Å². The average Bonchev–Trinajstić information content (AvgIpc) is 0.789. The van der Waals surface area contributed by atoms with Crippen molar-refractivity contribution in [3.8, 4) is 40.2 Å². The minimum atomic E-state index is 0.0501. The van der Waals surface area contributed by atoms with Crippen LogP contribution in [-0.2, 0) is 89.9 Å². The van der Waals surface area contributed by atoms with Gasteiger partial charge in [0, 0.05) is 44.9 Å². The fourth-order valence-electron chi connectivity index (χ4n) is 15.7. The Labute approximate surface area is 615 Å². The van der Waals surface area contributed by atoms with Gasteiger partial charge in [-0.2, -0.15) is 0 Å². The molecule has 0 unspecified atom stereocenters. The summed E-state index contributed by atoms with van der Waals surface area (Å²) in [5.41, 5.74) is 22.6. The van der Waals surface area contributed by atoms with Crippen LogP contribution in [-0.4, -0.2) is 35.7 Å². The lowest BCUT2D eigenvalue weighted by Gasteiger charge is -2.20. The molecule has 0 saturated heterocycles. The van der Waals surface area contributed by atoms with E-state index in [1.807, 2.05) is 212 Å². The second kappa shape index (κ2) is 31.1. The van der Waals surface area contributed by atoms with E-state index in [4.69, 9.17) is 0 Å². The van der Waals surface area contributed by atoms with Gasteiger partial charge in [0.1, 0.15) is 40.2 Å². The van der Waals surface area contributed by atoms with E-state index >= 15 is 0 Å². The molecule has 0 aliphatic heterocycles. The first kappa shape index (κ1) is 68.4. The van der Waals surface area contributed by atoms with Crippen LogP contribution in [0.15, 0.2) is 297 Å². The van der Waals surface area contributed by atoms with Crippen LogP contribution in [0.5, 0.6) is 40.2 Å². The standard InChI is InChI=1S/C98H84O7/c99-92-78-43-71(36-64-22-8-1-9-23-64)44-79(92)58-81-46-73(38-66-26-12-3-13-27-66)48-83(94(81)101)60-85-50-75(40-68-30-16-5-17-31-68)52-87(96(85)103)62-89-54-77(42-70-34-20-7-21-35-70)56-91(98(89)105)63-90-55-76(41-69-32-18-6-19-33-69)53-88(97(90)104)61-86-51-74(39-67-28-14-4-15-29-67)49-84(95(86)102)59-82-47-72(45-80(57-78)93(82)100)37-65-24-10-2-11-25-65/h1-35,43-56,99-105H,36-42,57-63H2. The highest BCUT2D eigenvalue weighted by molar-refractivity contribution is 5.61. The molecule has 7 heteroatoms. The molecular formula is C98H84O7. The zero-order valence-electron chi connectivity index (χ0n) is 58.8. The van der Waals surface area contributed by atoms with Crippen LogP contribution in [0, 0.1) is 0 Å². The van der Waals surface area contributed by atoms with Crippen molar-refractivity contribution in [2.75, 3.05) is 0 Å². The van der Waals surface area contributed by atoms with E-state index in [0.29, 0.717) is 123 Å². The number of aromatic hydroxyl groups is 7. The summed E-state index contributed by atoms with van der Waals surface area (Å²) < 4.78 is 0. The van der Waals surface area contributed by atoms with Crippen LogP contribution in [0.4, 0.5) is 0 Å². The van der Waals surface area contributed by atoms with E-state index in [-0.39, 0.29) is 85.2 Å². The monoisotopic (exact) mass is 1370 g/mol. The molecule has 518 valence electrons. The highest BCUT2D eigenvalue weighted by Crippen LogP contribution is 2.43. The molecule has 1 aliphatic carbocycles. The second-order valence-electron chi connectivity index (χ2n) is 28.7. The van der Waals surface area contributed by atoms with Crippen molar-refractivity contribution in [2.45, 2.75) is 89.9 Å². The molecule has 14 bridgehead atoms. The van der Waals surface area contributed by atoms with Crippen molar-refractivity contribution in [2.24, 2.45) is 0 Å². The van der Waals surface area contributed by atoms with E-state index in [1.54, 1.807) is 0 Å². The lowest BCUT2D eigenvalue weighted by atomic mass is 9.87. The highest BCUT2D eigenvalue weighted by atomic mass is 16.3. The Balaban J connectivity index is 0.957. The van der Waals surface area contributed by atoms with Crippen molar-refractivity contribution in [3.63, 3.8) is 0 Å². The van der Waals surface area contributed by atoms with Crippen molar-refractivity contribution < 1.29 is 35.7 Å². The van der Waals surface area contributed by atoms with Gasteiger partial charge in [-0.15, -0.1) is 0 Å². The van der Waals surface area contributed by atoms with Gasteiger partial charge in [0.25, 0.3) is 0 Å². The Morgan fingerprint density at radius 3 is 0.324 bits per heavy atom. The van der Waals surface area contributed by atoms with Gasteiger partial charge in [0.05, 0.1) is 0 Å². The molecule has 15 rings (SSSR count). The fourth-order valence-corrected chi connectivity index (χ4v) is 15.7. The number of benzene rings is 14. The Hall–Kier alpha value is -12.3. The lowest BCUT2D eigenvalue weighted by molar-refractivity contribution is 0.451. The summed E-state index contributed by atoms with van der Waals surface area (Å²) in [6.07, 6.45) is 4.88. The van der Waals surface area contributed by atoms with Gasteiger partial charge in [-0.25, -0.2) is 0 Å². The maximum atomic E-state index is 13.1. The number of hydrogen-bond acceptors (Lipinski definition) is 7. The molecule has 0 amide bonds. The zero-order valence-corrected chi connectivity index (χ0v) is 58.8. The van der Waals surface area contributed by atoms with Gasteiger partial charge in [0.15, 0.2) is 0 Å². The third-order valence-corrected chi connectivity index (χ3v) is 20.7. The molecular weight excluding hydrogens is 1290 g/mol. The summed E-state index contributed by atoms with van der Waals surface area (Å²) in [6.45, 7) is 0. The van der Waals surface area contributed by atoms with E-state index < -0.39 is 0 Å². The number of hydrogen-bond donors (Lipinski definition) is 7. The van der Waals surface area contributed by atoms with Gasteiger partial charge in [-0.1, -0.05) is 297 Å². The molecule has 0 saturated carbocycles. The Morgan fingerprint density at radius 2 is 0.229 bits per heavy atom. The van der Waals surface area contributed by atoms with E-state index in [0.717, 1.165) is 77.9 Å². The highest BCUT2D eigenvalue weighted by Gasteiger charge is 2.25. The molecule has 14 aromatic carbocycles. The largest absolute Gasteiger partial charge is 0.507 e. The summed E-state index contributed by atoms with van der Waals surface area (Å²) in [7, 11) is 0. The van der Waals surface area contributed by atoms with E-state index in [9.17, 15) is 35.7 Å². The molecule has 7 N–H and O–H groups in total. The maximum Gasteiger partial charge on any atom is 0.122 e. The van der Waals surface area contributed by atoms with Crippen LogP contribution < -0.4 is 0 Å². The Bertz CT molecular complexity index is 4290. The predicted molar refractivity (Wildman–Crippen MR) is 421 cm³/mol. The SMILES string of the molecule is Oc1c2cc(Cc3ccccc3)cc1Cc1cc(Cc3ccccc3)cc(c1O)Cc1cc(Cc3ccccc3)cc(c1O)Cc1cc(Cc3ccccc3)cc(c1O)Cc1cc(Cc3ccccc3)cc(c1O)Cc1cc(Cc3ccccc3)cc(c1O)Cc1cc(Cc3ccccc3)cc(c1O)C2. The van der Waals surface area contributed by atoms with Gasteiger partial charge in [-0.05, 0) is 201 Å². The minimum Gasteiger partial charge on any atom is -0.507 e. The molecule has 1 aliphatic rings. The Morgan fingerprint density at radius 1 is 0.133 bits per heavy atom. The third kappa shape index (κ3) is 16.5. The molecule has 0 spiro atoms. The van der Waals surface area contributed by atoms with Gasteiger partial charge >= 0.3 is 0 Å². The first-order valence-electron chi connectivity index (χ1n) is 36.4. The van der Waals surface area contributed by atoms with Crippen LogP contribution in [0.2, 0.25) is 0 Å². The average molecular weight is 1370 g/mol. The molecule has 7 nitrogen and oxygen atoms in total. The molecule has 105 heavy (non-hydrogen) atoms. The van der Waals surface area contributed by atoms with Crippen LogP contribution in [0.1, 0.15) is 156 Å². The molecule has 0 heterocycles. The lowest BCUT2D eigenvalue weighted by Crippen LogP contribution is -2.05. The summed E-state index contributed by atoms with van der Waals surface area (Å²) in [6, 6.07) is 100. The second-order valence-corrected chi connectivity index (χ2v) is 28.7. The summed E-state index contributed by atoms with van der Waals surface area (Å²) in [5.74, 6) is 0.351. The van der Waals surface area contributed by atoms with Crippen molar-refractivity contribution in [3.05, 3.63) is 453 Å². The van der Waals surface area contributed by atoms with Crippen molar-refractivity contribution in [1.29, 1.82) is 0 Å². The van der Waals surface area contributed by atoms with E-state index in [2.05, 4.69) is 84.9 Å². The number of rotatable bonds is 14. The summed E-state index contributed by atoms with van der Waals surface area (Å²) in [5, 5.41) is 91.4. The molecule has 0 radical (unpaired) electrons. The molecule has 0 fully saturated rings. The molecule has 0 atom stereocenters.